The van der Waals surface area contributed by atoms with E-state index in [1.807, 2.05) is 72.8 Å². The van der Waals surface area contributed by atoms with Gasteiger partial charge in [-0.2, -0.15) is 0 Å². The second kappa shape index (κ2) is 16.2. The molecule has 0 aromatic heterocycles. The van der Waals surface area contributed by atoms with Crippen LogP contribution in [0.5, 0.6) is 0 Å². The van der Waals surface area contributed by atoms with Gasteiger partial charge in [-0.05, 0) is 48.2 Å². The summed E-state index contributed by atoms with van der Waals surface area (Å²) in [4.78, 5) is 28.0. The lowest BCUT2D eigenvalue weighted by Crippen LogP contribution is -2.46. The largest absolute Gasteiger partial charge is 0.467 e. The highest BCUT2D eigenvalue weighted by atomic mass is 16.7. The molecule has 0 bridgehead atoms. The van der Waals surface area contributed by atoms with Crippen LogP contribution in [0.3, 0.4) is 0 Å². The van der Waals surface area contributed by atoms with Gasteiger partial charge in [0.25, 0.3) is 0 Å². The van der Waals surface area contributed by atoms with E-state index in [0.29, 0.717) is 24.8 Å². The van der Waals surface area contributed by atoms with Crippen molar-refractivity contribution in [3.05, 3.63) is 101 Å². The van der Waals surface area contributed by atoms with E-state index >= 15 is 0 Å². The molecule has 246 valence electrons. The Morgan fingerprint density at radius 1 is 0.978 bits per heavy atom. The summed E-state index contributed by atoms with van der Waals surface area (Å²) >= 11 is 0. The molecule has 3 N–H and O–H groups in total. The maximum absolute atomic E-state index is 13.1. The number of urea groups is 1. The van der Waals surface area contributed by atoms with Gasteiger partial charge < -0.3 is 34.7 Å². The molecule has 46 heavy (non-hydrogen) atoms. The minimum atomic E-state index is -0.853. The first-order chi connectivity index (χ1) is 22.4. The van der Waals surface area contributed by atoms with E-state index in [9.17, 15) is 14.7 Å². The fourth-order valence-electron chi connectivity index (χ4n) is 6.35. The first-order valence-electron chi connectivity index (χ1n) is 15.9. The number of esters is 1. The molecule has 5 rings (SSSR count). The average Bonchev–Trinajstić information content (AvgIpc) is 3.52. The second-order valence-electron chi connectivity index (χ2n) is 12.1. The van der Waals surface area contributed by atoms with Crippen LogP contribution in [0.2, 0.25) is 0 Å². The minimum Gasteiger partial charge on any atom is -0.467 e. The van der Waals surface area contributed by atoms with Gasteiger partial charge in [-0.25, -0.2) is 9.59 Å². The molecule has 3 aromatic rings. The van der Waals surface area contributed by atoms with E-state index in [2.05, 4.69) is 22.5 Å². The van der Waals surface area contributed by atoms with E-state index in [0.717, 1.165) is 48.2 Å². The number of ether oxygens (including phenoxy) is 4. The molecule has 3 aromatic carbocycles. The van der Waals surface area contributed by atoms with Gasteiger partial charge in [0.2, 0.25) is 0 Å². The van der Waals surface area contributed by atoms with Gasteiger partial charge in [-0.15, -0.1) is 0 Å². The van der Waals surface area contributed by atoms with Gasteiger partial charge in [0, 0.05) is 43.3 Å². The predicted molar refractivity (Wildman–Crippen MR) is 174 cm³/mol. The molecule has 6 atom stereocenters. The number of aliphatic hydroxyl groups is 1. The monoisotopic (exact) mass is 631 g/mol. The van der Waals surface area contributed by atoms with Gasteiger partial charge in [0.05, 0.1) is 32.5 Å². The van der Waals surface area contributed by atoms with Crippen molar-refractivity contribution >= 4 is 17.7 Å². The Morgan fingerprint density at radius 2 is 1.76 bits per heavy atom. The number of carbonyl (C=O) groups is 2. The zero-order valence-corrected chi connectivity index (χ0v) is 26.8. The minimum absolute atomic E-state index is 0.0223. The van der Waals surface area contributed by atoms with Gasteiger partial charge >= 0.3 is 12.0 Å². The molecule has 2 amide bonds. The first-order valence-corrected chi connectivity index (χ1v) is 15.9. The summed E-state index contributed by atoms with van der Waals surface area (Å²) < 4.78 is 23.7. The highest BCUT2D eigenvalue weighted by Crippen LogP contribution is 2.42. The zero-order valence-electron chi connectivity index (χ0n) is 26.8. The summed E-state index contributed by atoms with van der Waals surface area (Å²) in [6.45, 7) is 4.56. The Morgan fingerprint density at radius 3 is 2.48 bits per heavy atom. The molecule has 0 radical (unpaired) electrons. The number of aliphatic hydroxyl groups excluding tert-OH is 1. The number of amides is 2. The predicted octanol–water partition coefficient (Wildman–Crippen LogP) is 4.99. The average molecular weight is 632 g/mol. The normalized spacial score (nSPS) is 23.9. The van der Waals surface area contributed by atoms with Crippen LogP contribution >= 0.6 is 0 Å². The number of anilines is 1. The summed E-state index contributed by atoms with van der Waals surface area (Å²) in [6, 6.07) is 23.6. The number of carbonyl (C=O) groups excluding carboxylic acids is 2. The van der Waals surface area contributed by atoms with Crippen LogP contribution in [0.25, 0.3) is 0 Å². The lowest BCUT2D eigenvalue weighted by atomic mass is 9.90. The van der Waals surface area contributed by atoms with E-state index in [4.69, 9.17) is 18.9 Å². The highest BCUT2D eigenvalue weighted by molar-refractivity contribution is 5.92. The number of benzene rings is 3. The lowest BCUT2D eigenvalue weighted by molar-refractivity contribution is -0.276. The van der Waals surface area contributed by atoms with Crippen molar-refractivity contribution in [1.29, 1.82) is 0 Å². The lowest BCUT2D eigenvalue weighted by Gasteiger charge is -2.43. The van der Waals surface area contributed by atoms with Crippen molar-refractivity contribution in [2.45, 2.75) is 63.4 Å². The number of methoxy groups -OCH3 is 2. The number of hydrogen-bond donors (Lipinski definition) is 3. The van der Waals surface area contributed by atoms with Gasteiger partial charge in [0.1, 0.15) is 6.04 Å². The van der Waals surface area contributed by atoms with Crippen LogP contribution in [0.15, 0.2) is 78.9 Å². The third-order valence-electron chi connectivity index (χ3n) is 8.89. The standard InChI is InChI=1S/C36H45N3O7/c1-24-32(21-39-18-8-13-30(39)23-43-2)45-35(46-33(24)27-16-14-26(22-40)15-17-27)28-11-7-12-29(20-28)37-36(42)38-31(34(41)44-3)19-25-9-5-4-6-10-25/h4-7,9-12,14-17,20,24,30-33,35,40H,8,13,18-19,21-23H2,1-3H3,(H2,37,38,42)/t24-,30-,31-,32+,33+,35+/m0/s1. The first kappa shape index (κ1) is 33.6. The van der Waals surface area contributed by atoms with Crippen LogP contribution < -0.4 is 10.6 Å². The molecule has 0 spiro atoms. The van der Waals surface area contributed by atoms with E-state index in [-0.39, 0.29) is 24.7 Å². The molecule has 2 heterocycles. The van der Waals surface area contributed by atoms with Gasteiger partial charge in [-0.3, -0.25) is 4.90 Å². The molecule has 2 saturated heterocycles. The van der Waals surface area contributed by atoms with E-state index in [1.54, 1.807) is 13.2 Å². The molecule has 2 aliphatic heterocycles. The number of nitrogens with zero attached hydrogens (tertiary/aromatic N) is 1. The highest BCUT2D eigenvalue weighted by Gasteiger charge is 2.40. The smallest absolute Gasteiger partial charge is 0.328 e. The summed E-state index contributed by atoms with van der Waals surface area (Å²) in [5, 5.41) is 15.2. The number of likely N-dealkylation sites (tertiary alicyclic amines) is 1. The van der Waals surface area contributed by atoms with Gasteiger partial charge in [-0.1, -0.05) is 73.7 Å². The Balaban J connectivity index is 1.33. The van der Waals surface area contributed by atoms with Crippen LogP contribution in [0, 0.1) is 5.92 Å². The fourth-order valence-corrected chi connectivity index (χ4v) is 6.35. The zero-order chi connectivity index (χ0) is 32.5. The van der Waals surface area contributed by atoms with E-state index < -0.39 is 24.3 Å². The molecule has 0 unspecified atom stereocenters. The quantitative estimate of drug-likeness (QED) is 0.240. The number of hydrogen-bond acceptors (Lipinski definition) is 8. The Hall–Kier alpha value is -3.80. The van der Waals surface area contributed by atoms with Crippen LogP contribution in [0.1, 0.15) is 54.4 Å². The maximum Gasteiger partial charge on any atom is 0.328 e. The molecule has 10 heteroatoms. The Bertz CT molecular complexity index is 1420. The summed E-state index contributed by atoms with van der Waals surface area (Å²) in [6.07, 6.45) is 1.46. The summed E-state index contributed by atoms with van der Waals surface area (Å²) in [7, 11) is 3.05. The SMILES string of the molecule is COC[C@@H]1CCCN1C[C@H]1O[C@@H](c2cccc(NC(=O)N[C@@H](Cc3ccccc3)C(=O)OC)c2)O[C@@H](c2ccc(CO)cc2)[C@H]1C. The molecule has 0 saturated carbocycles. The molecule has 2 fully saturated rings. The topological polar surface area (TPSA) is 119 Å². The molecule has 0 aliphatic carbocycles. The third-order valence-corrected chi connectivity index (χ3v) is 8.89. The van der Waals surface area contributed by atoms with Gasteiger partial charge in [0.15, 0.2) is 6.29 Å². The number of nitrogens with one attached hydrogen (secondary N) is 2. The maximum atomic E-state index is 13.1. The molecular formula is C36H45N3O7. The van der Waals surface area contributed by atoms with Crippen molar-refractivity contribution < 1.29 is 33.6 Å². The summed E-state index contributed by atoms with van der Waals surface area (Å²) in [5.74, 6) is -0.479. The Labute approximate surface area is 271 Å². The Kier molecular flexibility index (Phi) is 11.8. The molecule has 10 nitrogen and oxygen atoms in total. The van der Waals surface area contributed by atoms with Crippen molar-refractivity contribution in [3.63, 3.8) is 0 Å². The molecular weight excluding hydrogens is 586 g/mol. The van der Waals surface area contributed by atoms with Crippen molar-refractivity contribution in [2.24, 2.45) is 5.92 Å². The fraction of sp³-hybridized carbons (Fsp3) is 0.444. The van der Waals surface area contributed by atoms with E-state index in [1.165, 1.54) is 7.11 Å². The van der Waals surface area contributed by atoms with Crippen molar-refractivity contribution in [1.82, 2.24) is 10.2 Å². The van der Waals surface area contributed by atoms with Crippen LogP contribution in [-0.4, -0.2) is 74.1 Å². The summed E-state index contributed by atoms with van der Waals surface area (Å²) in [5.41, 5.74) is 4.04. The van der Waals surface area contributed by atoms with Crippen LogP contribution in [-0.2, 0) is 36.8 Å². The molecule has 2 aliphatic rings. The van der Waals surface area contributed by atoms with Crippen molar-refractivity contribution in [3.8, 4) is 0 Å². The second-order valence-corrected chi connectivity index (χ2v) is 12.1. The third kappa shape index (κ3) is 8.51. The van der Waals surface area contributed by atoms with Crippen molar-refractivity contribution in [2.75, 3.05) is 39.2 Å². The number of rotatable bonds is 12. The van der Waals surface area contributed by atoms with Crippen LogP contribution in [0.4, 0.5) is 10.5 Å².